The Morgan fingerprint density at radius 1 is 0.808 bits per heavy atom. The first-order valence-electron chi connectivity index (χ1n) is 8.47. The Bertz CT molecular complexity index is 925. The quantitative estimate of drug-likeness (QED) is 0.661. The molecule has 0 aliphatic heterocycles. The molecule has 0 aliphatic carbocycles. The lowest BCUT2D eigenvalue weighted by Crippen LogP contribution is -2.31. The molecule has 26 heavy (non-hydrogen) atoms. The molecule has 3 aromatic carbocycles. The maximum absolute atomic E-state index is 12.5. The van der Waals surface area contributed by atoms with Crippen molar-refractivity contribution in [3.05, 3.63) is 96.1 Å². The lowest BCUT2D eigenvalue weighted by Gasteiger charge is -2.21. The van der Waals surface area contributed by atoms with E-state index in [0.717, 1.165) is 11.3 Å². The first-order chi connectivity index (χ1) is 12.5. The third-order valence-electron chi connectivity index (χ3n) is 4.13. The normalized spacial score (nSPS) is 12.5. The van der Waals surface area contributed by atoms with Crippen LogP contribution in [0.25, 0.3) is 0 Å². The number of hydrogen-bond donors (Lipinski definition) is 2. The Morgan fingerprint density at radius 3 is 2.00 bits per heavy atom. The second-order valence-electron chi connectivity index (χ2n) is 6.14. The number of hydrogen-bond acceptors (Lipinski definition) is 3. The summed E-state index contributed by atoms with van der Waals surface area (Å²) in [6.07, 6.45) is 0. The van der Waals surface area contributed by atoms with Crippen molar-refractivity contribution in [2.45, 2.75) is 17.9 Å². The Balaban J connectivity index is 1.79. The fourth-order valence-electron chi connectivity index (χ4n) is 2.66. The van der Waals surface area contributed by atoms with Crippen LogP contribution in [0.2, 0.25) is 0 Å². The SMILES string of the molecule is Cc1ccc(NC(CNS(=O)(=O)c2ccccc2)c2ccccc2)cc1. The molecule has 0 aliphatic rings. The van der Waals surface area contributed by atoms with Gasteiger partial charge in [0.05, 0.1) is 10.9 Å². The minimum absolute atomic E-state index is 0.183. The predicted octanol–water partition coefficient (Wildman–Crippen LogP) is 4.13. The van der Waals surface area contributed by atoms with Gasteiger partial charge in [-0.05, 0) is 36.8 Å². The van der Waals surface area contributed by atoms with Crippen LogP contribution in [0.3, 0.4) is 0 Å². The van der Waals surface area contributed by atoms with Gasteiger partial charge in [-0.2, -0.15) is 0 Å². The molecule has 0 radical (unpaired) electrons. The van der Waals surface area contributed by atoms with Gasteiger partial charge >= 0.3 is 0 Å². The van der Waals surface area contributed by atoms with Crippen molar-refractivity contribution in [2.24, 2.45) is 0 Å². The number of sulfonamides is 1. The third-order valence-corrected chi connectivity index (χ3v) is 5.56. The van der Waals surface area contributed by atoms with Crippen molar-refractivity contribution in [1.29, 1.82) is 0 Å². The molecule has 0 heterocycles. The van der Waals surface area contributed by atoms with Crippen molar-refractivity contribution >= 4 is 15.7 Å². The minimum atomic E-state index is -3.55. The molecule has 0 saturated carbocycles. The highest BCUT2D eigenvalue weighted by Gasteiger charge is 2.18. The smallest absolute Gasteiger partial charge is 0.240 e. The van der Waals surface area contributed by atoms with Crippen LogP contribution in [0.15, 0.2) is 89.8 Å². The molecule has 3 aromatic rings. The molecular weight excluding hydrogens is 344 g/mol. The van der Waals surface area contributed by atoms with E-state index in [1.165, 1.54) is 5.56 Å². The average Bonchev–Trinajstić information content (AvgIpc) is 2.68. The fraction of sp³-hybridized carbons (Fsp3) is 0.143. The summed E-state index contributed by atoms with van der Waals surface area (Å²) in [6, 6.07) is 26.1. The summed E-state index contributed by atoms with van der Waals surface area (Å²) in [5.74, 6) is 0. The molecule has 5 heteroatoms. The van der Waals surface area contributed by atoms with Crippen LogP contribution in [-0.2, 0) is 10.0 Å². The van der Waals surface area contributed by atoms with Gasteiger partial charge in [-0.3, -0.25) is 0 Å². The van der Waals surface area contributed by atoms with E-state index in [4.69, 9.17) is 0 Å². The van der Waals surface area contributed by atoms with E-state index in [2.05, 4.69) is 10.0 Å². The zero-order valence-corrected chi connectivity index (χ0v) is 15.4. The van der Waals surface area contributed by atoms with Crippen molar-refractivity contribution in [3.63, 3.8) is 0 Å². The van der Waals surface area contributed by atoms with Crippen LogP contribution in [0, 0.1) is 6.92 Å². The standard InChI is InChI=1S/C21H22N2O2S/c1-17-12-14-19(15-13-17)23-21(18-8-4-2-5-9-18)16-22-26(24,25)20-10-6-3-7-11-20/h2-15,21-23H,16H2,1H3. The van der Waals surface area contributed by atoms with E-state index < -0.39 is 10.0 Å². The van der Waals surface area contributed by atoms with Crippen LogP contribution < -0.4 is 10.0 Å². The van der Waals surface area contributed by atoms with Gasteiger partial charge in [-0.1, -0.05) is 66.2 Å². The molecule has 0 aromatic heterocycles. The molecule has 134 valence electrons. The molecule has 4 nitrogen and oxygen atoms in total. The second-order valence-corrected chi connectivity index (χ2v) is 7.91. The number of aryl methyl sites for hydroxylation is 1. The number of anilines is 1. The highest BCUT2D eigenvalue weighted by Crippen LogP contribution is 2.20. The summed E-state index contributed by atoms with van der Waals surface area (Å²) in [7, 11) is -3.55. The van der Waals surface area contributed by atoms with Crippen LogP contribution in [0.4, 0.5) is 5.69 Å². The van der Waals surface area contributed by atoms with E-state index >= 15 is 0 Å². The molecule has 0 saturated heterocycles. The van der Waals surface area contributed by atoms with Crippen molar-refractivity contribution in [2.75, 3.05) is 11.9 Å². The topological polar surface area (TPSA) is 58.2 Å². The Kier molecular flexibility index (Phi) is 5.71. The van der Waals surface area contributed by atoms with Gasteiger partial charge in [0.2, 0.25) is 10.0 Å². The van der Waals surface area contributed by atoms with Gasteiger partial charge < -0.3 is 5.32 Å². The van der Waals surface area contributed by atoms with Gasteiger partial charge in [-0.25, -0.2) is 13.1 Å². The van der Waals surface area contributed by atoms with E-state index in [1.807, 2.05) is 61.5 Å². The zero-order valence-electron chi connectivity index (χ0n) is 14.6. The zero-order chi connectivity index (χ0) is 18.4. The van der Waals surface area contributed by atoms with Crippen molar-refractivity contribution in [1.82, 2.24) is 4.72 Å². The highest BCUT2D eigenvalue weighted by molar-refractivity contribution is 7.89. The summed E-state index contributed by atoms with van der Waals surface area (Å²) >= 11 is 0. The molecule has 0 bridgehead atoms. The molecule has 0 spiro atoms. The average molecular weight is 366 g/mol. The monoisotopic (exact) mass is 366 g/mol. The lowest BCUT2D eigenvalue weighted by atomic mass is 10.1. The van der Waals surface area contributed by atoms with Gasteiger partial charge in [0, 0.05) is 12.2 Å². The van der Waals surface area contributed by atoms with Crippen molar-refractivity contribution < 1.29 is 8.42 Å². The third kappa shape index (κ3) is 4.71. The van der Waals surface area contributed by atoms with Crippen LogP contribution >= 0.6 is 0 Å². The predicted molar refractivity (Wildman–Crippen MR) is 106 cm³/mol. The van der Waals surface area contributed by atoms with Gasteiger partial charge in [0.15, 0.2) is 0 Å². The van der Waals surface area contributed by atoms with Crippen LogP contribution in [-0.4, -0.2) is 15.0 Å². The summed E-state index contributed by atoms with van der Waals surface area (Å²) < 4.78 is 27.8. The van der Waals surface area contributed by atoms with E-state index in [1.54, 1.807) is 30.3 Å². The highest BCUT2D eigenvalue weighted by atomic mass is 32.2. The van der Waals surface area contributed by atoms with Gasteiger partial charge in [-0.15, -0.1) is 0 Å². The summed E-state index contributed by atoms with van der Waals surface area (Å²) in [5, 5.41) is 3.42. The molecule has 0 amide bonds. The summed E-state index contributed by atoms with van der Waals surface area (Å²) in [6.45, 7) is 2.28. The van der Waals surface area contributed by atoms with Gasteiger partial charge in [0.1, 0.15) is 0 Å². The molecule has 2 N–H and O–H groups in total. The van der Waals surface area contributed by atoms with Crippen LogP contribution in [0.5, 0.6) is 0 Å². The first-order valence-corrected chi connectivity index (χ1v) is 9.96. The first kappa shape index (κ1) is 18.2. The minimum Gasteiger partial charge on any atom is -0.377 e. The number of benzene rings is 3. The van der Waals surface area contributed by atoms with Crippen LogP contribution in [0.1, 0.15) is 17.2 Å². The summed E-state index contributed by atoms with van der Waals surface area (Å²) in [5.41, 5.74) is 3.14. The lowest BCUT2D eigenvalue weighted by molar-refractivity contribution is 0.576. The maximum atomic E-state index is 12.5. The maximum Gasteiger partial charge on any atom is 0.240 e. The molecule has 0 fully saturated rings. The Morgan fingerprint density at radius 2 is 1.38 bits per heavy atom. The molecular formula is C21H22N2O2S. The largest absolute Gasteiger partial charge is 0.377 e. The van der Waals surface area contributed by atoms with E-state index in [0.29, 0.717) is 0 Å². The Labute approximate surface area is 155 Å². The number of nitrogens with one attached hydrogen (secondary N) is 2. The molecule has 1 unspecified atom stereocenters. The Hall–Kier alpha value is -2.63. The fourth-order valence-corrected chi connectivity index (χ4v) is 3.73. The van der Waals surface area contributed by atoms with E-state index in [-0.39, 0.29) is 17.5 Å². The van der Waals surface area contributed by atoms with Crippen molar-refractivity contribution in [3.8, 4) is 0 Å². The molecule has 1 atom stereocenters. The summed E-state index contributed by atoms with van der Waals surface area (Å²) in [4.78, 5) is 0.266. The van der Waals surface area contributed by atoms with Gasteiger partial charge in [0.25, 0.3) is 0 Å². The molecule has 3 rings (SSSR count). The second kappa shape index (κ2) is 8.17. The number of rotatable bonds is 7. The van der Waals surface area contributed by atoms with E-state index in [9.17, 15) is 8.42 Å².